The fraction of sp³-hybridized carbons (Fsp3) is 0.111. The van der Waals surface area contributed by atoms with E-state index in [0.717, 1.165) is 33.5 Å². The molecule has 5 aromatic rings. The van der Waals surface area contributed by atoms with E-state index in [1.807, 2.05) is 78.4 Å². The van der Waals surface area contributed by atoms with Crippen LogP contribution in [-0.2, 0) is 4.79 Å². The predicted molar refractivity (Wildman–Crippen MR) is 148 cm³/mol. The number of hydrogen-bond acceptors (Lipinski definition) is 6. The number of hydrogen-bond donors (Lipinski definition) is 2. The molecule has 37 heavy (non-hydrogen) atoms. The minimum Gasteiger partial charge on any atom is -0.494 e. The number of nitrogens with zero attached hydrogens (tertiary/aromatic N) is 4. The van der Waals surface area contributed by atoms with Crippen molar-refractivity contribution >= 4 is 46.4 Å². The zero-order valence-corrected chi connectivity index (χ0v) is 21.5. The Hall–Kier alpha value is -4.08. The molecule has 8 nitrogen and oxygen atoms in total. The maximum atomic E-state index is 12.5. The average Bonchev–Trinajstić information content (AvgIpc) is 3.53. The maximum Gasteiger partial charge on any atom is 0.250 e. The molecule has 0 fully saturated rings. The molecular formula is C27H23ClN6O2S. The van der Waals surface area contributed by atoms with Gasteiger partial charge in [0, 0.05) is 38.9 Å². The van der Waals surface area contributed by atoms with Gasteiger partial charge in [-0.25, -0.2) is 5.43 Å². The van der Waals surface area contributed by atoms with Crippen molar-refractivity contribution in [2.24, 2.45) is 5.10 Å². The number of carbonyl (C=O) groups is 1. The summed E-state index contributed by atoms with van der Waals surface area (Å²) in [7, 11) is 0. The molecule has 3 aromatic carbocycles. The number of hydrazone groups is 1. The van der Waals surface area contributed by atoms with E-state index in [0.29, 0.717) is 22.6 Å². The van der Waals surface area contributed by atoms with Crippen molar-refractivity contribution in [3.63, 3.8) is 0 Å². The van der Waals surface area contributed by atoms with Crippen LogP contribution in [0.3, 0.4) is 0 Å². The lowest BCUT2D eigenvalue weighted by Gasteiger charge is -2.11. The number of H-pyrrole nitrogens is 1. The number of rotatable bonds is 9. The Morgan fingerprint density at radius 1 is 1.11 bits per heavy atom. The number of thioether (sulfide) groups is 1. The van der Waals surface area contributed by atoms with Gasteiger partial charge in [0.1, 0.15) is 5.75 Å². The lowest BCUT2D eigenvalue weighted by molar-refractivity contribution is -0.118. The van der Waals surface area contributed by atoms with Crippen molar-refractivity contribution in [1.82, 2.24) is 25.2 Å². The van der Waals surface area contributed by atoms with Crippen LogP contribution in [-0.4, -0.2) is 44.2 Å². The summed E-state index contributed by atoms with van der Waals surface area (Å²) in [5, 5.41) is 15.1. The fourth-order valence-corrected chi connectivity index (χ4v) is 4.65. The van der Waals surface area contributed by atoms with Crippen LogP contribution in [0.2, 0.25) is 5.02 Å². The molecular weight excluding hydrogens is 508 g/mol. The first kappa shape index (κ1) is 24.6. The molecule has 0 saturated carbocycles. The topological polar surface area (TPSA) is 97.2 Å². The average molecular weight is 531 g/mol. The number of fused-ring (bicyclic) bond motifs is 1. The molecule has 0 aliphatic carbocycles. The Balaban J connectivity index is 1.33. The number of aromatic amines is 1. The van der Waals surface area contributed by atoms with Crippen LogP contribution in [0, 0.1) is 0 Å². The normalized spacial score (nSPS) is 11.3. The number of benzene rings is 3. The number of para-hydroxylation sites is 1. The Morgan fingerprint density at radius 3 is 2.68 bits per heavy atom. The Labute approximate surface area is 222 Å². The first-order valence-electron chi connectivity index (χ1n) is 11.6. The van der Waals surface area contributed by atoms with Gasteiger partial charge in [-0.1, -0.05) is 41.6 Å². The second kappa shape index (κ2) is 11.3. The Morgan fingerprint density at radius 2 is 1.89 bits per heavy atom. The predicted octanol–water partition coefficient (Wildman–Crippen LogP) is 5.71. The summed E-state index contributed by atoms with van der Waals surface area (Å²) in [5.74, 6) is 1.27. The van der Waals surface area contributed by atoms with Crippen LogP contribution in [0.4, 0.5) is 0 Å². The molecule has 0 atom stereocenters. The maximum absolute atomic E-state index is 12.5. The third-order valence-corrected chi connectivity index (χ3v) is 6.67. The van der Waals surface area contributed by atoms with Gasteiger partial charge in [-0.3, -0.25) is 9.36 Å². The van der Waals surface area contributed by atoms with Gasteiger partial charge in [-0.05, 0) is 61.5 Å². The molecule has 5 rings (SSSR count). The van der Waals surface area contributed by atoms with E-state index in [-0.39, 0.29) is 11.7 Å². The van der Waals surface area contributed by atoms with Crippen molar-refractivity contribution in [1.29, 1.82) is 0 Å². The highest BCUT2D eigenvalue weighted by atomic mass is 35.5. The van der Waals surface area contributed by atoms with Crippen molar-refractivity contribution in [2.45, 2.75) is 12.1 Å². The zero-order valence-electron chi connectivity index (χ0n) is 19.9. The van der Waals surface area contributed by atoms with Gasteiger partial charge < -0.3 is 9.72 Å². The highest BCUT2D eigenvalue weighted by Crippen LogP contribution is 2.29. The van der Waals surface area contributed by atoms with Crippen LogP contribution >= 0.6 is 23.4 Å². The summed E-state index contributed by atoms with van der Waals surface area (Å²) >= 11 is 7.35. The smallest absolute Gasteiger partial charge is 0.250 e. The number of ether oxygens (including phenoxy) is 1. The summed E-state index contributed by atoms with van der Waals surface area (Å²) in [6.07, 6.45) is 3.48. The first-order chi connectivity index (χ1) is 18.1. The minimum absolute atomic E-state index is 0.112. The number of carbonyl (C=O) groups excluding carboxylic acids is 1. The van der Waals surface area contributed by atoms with Crippen LogP contribution in [0.15, 0.2) is 89.3 Å². The van der Waals surface area contributed by atoms with E-state index in [1.165, 1.54) is 11.8 Å². The highest BCUT2D eigenvalue weighted by molar-refractivity contribution is 7.99. The summed E-state index contributed by atoms with van der Waals surface area (Å²) in [6.45, 7) is 2.53. The van der Waals surface area contributed by atoms with Crippen LogP contribution in [0.1, 0.15) is 12.5 Å². The molecule has 0 aliphatic rings. The van der Waals surface area contributed by atoms with Crippen molar-refractivity contribution in [2.75, 3.05) is 12.4 Å². The van der Waals surface area contributed by atoms with Crippen LogP contribution in [0.25, 0.3) is 28.0 Å². The molecule has 0 saturated heterocycles. The molecule has 2 heterocycles. The summed E-state index contributed by atoms with van der Waals surface area (Å²) in [4.78, 5) is 15.7. The van der Waals surface area contributed by atoms with Gasteiger partial charge >= 0.3 is 0 Å². The SMILES string of the molecule is CCOc1ccc(-n2c(SCC(=O)N/N=C\c3c[nH]c4ccccc34)nnc2-c2ccc(Cl)cc2)cc1. The van der Waals surface area contributed by atoms with Crippen molar-refractivity contribution in [3.8, 4) is 22.8 Å². The van der Waals surface area contributed by atoms with Crippen molar-refractivity contribution in [3.05, 3.63) is 89.6 Å². The van der Waals surface area contributed by atoms with E-state index in [9.17, 15) is 4.79 Å². The Bertz CT molecular complexity index is 1540. The molecule has 0 radical (unpaired) electrons. The lowest BCUT2D eigenvalue weighted by Crippen LogP contribution is -2.20. The van der Waals surface area contributed by atoms with E-state index >= 15 is 0 Å². The monoisotopic (exact) mass is 530 g/mol. The second-order valence-corrected chi connectivity index (χ2v) is 9.33. The third-order valence-electron chi connectivity index (χ3n) is 5.49. The van der Waals surface area contributed by atoms with Crippen LogP contribution in [0.5, 0.6) is 5.75 Å². The summed E-state index contributed by atoms with van der Waals surface area (Å²) in [5.41, 5.74) is 6.19. The molecule has 1 amide bonds. The minimum atomic E-state index is -0.254. The third kappa shape index (κ3) is 5.68. The molecule has 0 unspecified atom stereocenters. The quantitative estimate of drug-likeness (QED) is 0.144. The Kier molecular flexibility index (Phi) is 7.53. The van der Waals surface area contributed by atoms with E-state index < -0.39 is 0 Å². The number of halogens is 1. The first-order valence-corrected chi connectivity index (χ1v) is 12.9. The van der Waals surface area contributed by atoms with Crippen molar-refractivity contribution < 1.29 is 9.53 Å². The van der Waals surface area contributed by atoms with Gasteiger partial charge in [0.2, 0.25) is 0 Å². The largest absolute Gasteiger partial charge is 0.494 e. The summed E-state index contributed by atoms with van der Waals surface area (Å²) in [6, 6.07) is 22.9. The number of aromatic nitrogens is 4. The summed E-state index contributed by atoms with van der Waals surface area (Å²) < 4.78 is 7.48. The molecule has 2 aromatic heterocycles. The number of nitrogens with one attached hydrogen (secondary N) is 2. The molecule has 186 valence electrons. The van der Waals surface area contributed by atoms with Gasteiger partial charge in [0.25, 0.3) is 5.91 Å². The number of amides is 1. The van der Waals surface area contributed by atoms with Gasteiger partial charge in [0.15, 0.2) is 11.0 Å². The second-order valence-electron chi connectivity index (χ2n) is 7.95. The molecule has 0 aliphatic heterocycles. The van der Waals surface area contributed by atoms with Gasteiger partial charge in [-0.15, -0.1) is 10.2 Å². The molecule has 10 heteroatoms. The van der Waals surface area contributed by atoms with Gasteiger partial charge in [-0.2, -0.15) is 5.10 Å². The van der Waals surface area contributed by atoms with E-state index in [2.05, 4.69) is 25.7 Å². The van der Waals surface area contributed by atoms with Crippen LogP contribution < -0.4 is 10.2 Å². The zero-order chi connectivity index (χ0) is 25.6. The molecule has 0 bridgehead atoms. The molecule has 2 N–H and O–H groups in total. The highest BCUT2D eigenvalue weighted by Gasteiger charge is 2.17. The van der Waals surface area contributed by atoms with Gasteiger partial charge in [0.05, 0.1) is 18.6 Å². The standard InChI is InChI=1S/C27H23ClN6O2S/c1-2-36-22-13-11-21(12-14-22)34-26(18-7-9-20(28)10-8-18)32-33-27(34)37-17-25(35)31-30-16-19-15-29-24-6-4-3-5-23(19)24/h3-16,29H,2,17H2,1H3,(H,31,35)/b30-16-. The molecule has 0 spiro atoms. The van der Waals surface area contributed by atoms with E-state index in [1.54, 1.807) is 18.3 Å². The fourth-order valence-electron chi connectivity index (χ4n) is 3.78. The lowest BCUT2D eigenvalue weighted by atomic mass is 10.2. The van der Waals surface area contributed by atoms with E-state index in [4.69, 9.17) is 16.3 Å².